The minimum Gasteiger partial charge on any atom is -0.372 e. The fourth-order valence-electron chi connectivity index (χ4n) is 2.52. The van der Waals surface area contributed by atoms with E-state index in [2.05, 4.69) is 22.6 Å². The molecule has 6 heteroatoms. The Bertz CT molecular complexity index is 467. The molecule has 1 aromatic rings. The maximum Gasteiger partial charge on any atom is 0.236 e. The van der Waals surface area contributed by atoms with E-state index in [1.807, 2.05) is 25.7 Å². The van der Waals surface area contributed by atoms with E-state index in [9.17, 15) is 4.79 Å². The molecule has 1 N–H and O–H groups in total. The Morgan fingerprint density at radius 3 is 2.76 bits per heavy atom. The zero-order valence-corrected chi connectivity index (χ0v) is 14.1. The van der Waals surface area contributed by atoms with Crippen molar-refractivity contribution in [1.29, 1.82) is 0 Å². The molecule has 118 valence electrons. The summed E-state index contributed by atoms with van der Waals surface area (Å²) in [5.74, 6) is 0.134. The normalized spacial score (nSPS) is 24.1. The zero-order chi connectivity index (χ0) is 15.4. The van der Waals surface area contributed by atoms with E-state index in [1.54, 1.807) is 11.3 Å². The Balaban J connectivity index is 1.83. The molecule has 0 aromatic carbocycles. The predicted molar refractivity (Wildman–Crippen MR) is 84.5 cm³/mol. The lowest BCUT2D eigenvalue weighted by Gasteiger charge is -2.35. The lowest BCUT2D eigenvalue weighted by atomic mass is 10.2. The van der Waals surface area contributed by atoms with Gasteiger partial charge in [0.1, 0.15) is 0 Å². The molecule has 0 aliphatic carbocycles. The molecule has 1 amide bonds. The number of amides is 1. The van der Waals surface area contributed by atoms with Gasteiger partial charge in [-0.1, -0.05) is 6.92 Å². The highest BCUT2D eigenvalue weighted by atomic mass is 32.1. The lowest BCUT2D eigenvalue weighted by Crippen LogP contribution is -2.50. The minimum atomic E-state index is 0.0985. The number of morpholine rings is 1. The van der Waals surface area contributed by atoms with Gasteiger partial charge in [0.25, 0.3) is 0 Å². The van der Waals surface area contributed by atoms with Crippen LogP contribution in [0.2, 0.25) is 0 Å². The van der Waals surface area contributed by atoms with Crippen LogP contribution in [-0.2, 0) is 16.0 Å². The number of nitrogens with zero attached hydrogens (tertiary/aromatic N) is 2. The zero-order valence-electron chi connectivity index (χ0n) is 13.3. The van der Waals surface area contributed by atoms with Crippen LogP contribution in [0.5, 0.6) is 0 Å². The first kappa shape index (κ1) is 16.4. The van der Waals surface area contributed by atoms with Gasteiger partial charge in [-0.05, 0) is 27.2 Å². The van der Waals surface area contributed by atoms with Crippen molar-refractivity contribution in [2.75, 3.05) is 19.6 Å². The molecule has 1 aliphatic rings. The number of hydrogen-bond donors (Lipinski definition) is 1. The Kier molecular flexibility index (Phi) is 5.72. The molecule has 1 aromatic heterocycles. The number of carbonyl (C=O) groups is 1. The van der Waals surface area contributed by atoms with Gasteiger partial charge in [-0.3, -0.25) is 4.79 Å². The topological polar surface area (TPSA) is 54.5 Å². The summed E-state index contributed by atoms with van der Waals surface area (Å²) >= 11 is 1.68. The summed E-state index contributed by atoms with van der Waals surface area (Å²) in [6, 6.07) is 0.0985. The summed E-state index contributed by atoms with van der Waals surface area (Å²) in [4.78, 5) is 18.7. The minimum absolute atomic E-state index is 0.0985. The molecule has 0 spiro atoms. The van der Waals surface area contributed by atoms with Crippen LogP contribution < -0.4 is 5.32 Å². The second-order valence-electron chi connectivity index (χ2n) is 5.68. The van der Waals surface area contributed by atoms with Crippen molar-refractivity contribution >= 4 is 17.2 Å². The van der Waals surface area contributed by atoms with Gasteiger partial charge in [-0.2, -0.15) is 0 Å². The van der Waals surface area contributed by atoms with Crippen LogP contribution in [0.3, 0.4) is 0 Å². The number of ether oxygens (including phenoxy) is 1. The highest BCUT2D eigenvalue weighted by Crippen LogP contribution is 2.17. The second-order valence-corrected chi connectivity index (χ2v) is 6.62. The first-order valence-electron chi connectivity index (χ1n) is 7.60. The molecule has 0 radical (unpaired) electrons. The van der Waals surface area contributed by atoms with E-state index < -0.39 is 0 Å². The Morgan fingerprint density at radius 2 is 2.19 bits per heavy atom. The van der Waals surface area contributed by atoms with Gasteiger partial charge in [0.05, 0.1) is 29.5 Å². The van der Waals surface area contributed by atoms with Crippen LogP contribution in [0, 0.1) is 0 Å². The molecule has 0 unspecified atom stereocenters. The number of rotatable bonds is 5. The van der Waals surface area contributed by atoms with Crippen molar-refractivity contribution in [3.63, 3.8) is 0 Å². The van der Waals surface area contributed by atoms with Crippen LogP contribution in [0.4, 0.5) is 0 Å². The largest absolute Gasteiger partial charge is 0.372 e. The molecule has 2 heterocycles. The van der Waals surface area contributed by atoms with Gasteiger partial charge in [-0.25, -0.2) is 4.98 Å². The highest BCUT2D eigenvalue weighted by Gasteiger charge is 2.25. The van der Waals surface area contributed by atoms with E-state index in [0.29, 0.717) is 19.6 Å². The fourth-order valence-corrected chi connectivity index (χ4v) is 3.36. The molecular formula is C15H25N3O2S. The molecule has 0 saturated carbocycles. The van der Waals surface area contributed by atoms with Gasteiger partial charge in [0.2, 0.25) is 5.91 Å². The molecule has 1 fully saturated rings. The van der Waals surface area contributed by atoms with Crippen LogP contribution in [0.1, 0.15) is 44.4 Å². The molecule has 1 aliphatic heterocycles. The monoisotopic (exact) mass is 311 g/mol. The van der Waals surface area contributed by atoms with Gasteiger partial charge in [0.15, 0.2) is 0 Å². The van der Waals surface area contributed by atoms with Crippen molar-refractivity contribution < 1.29 is 9.53 Å². The quantitative estimate of drug-likeness (QED) is 0.903. The molecule has 21 heavy (non-hydrogen) atoms. The predicted octanol–water partition coefficient (Wildman–Crippen LogP) is 1.99. The van der Waals surface area contributed by atoms with Crippen molar-refractivity contribution in [2.45, 2.75) is 52.4 Å². The third-order valence-electron chi connectivity index (χ3n) is 3.65. The summed E-state index contributed by atoms with van der Waals surface area (Å²) < 4.78 is 5.65. The number of thiazole rings is 1. The average Bonchev–Trinajstić information content (AvgIpc) is 2.92. The van der Waals surface area contributed by atoms with Crippen molar-refractivity contribution in [3.05, 3.63) is 16.1 Å². The summed E-state index contributed by atoms with van der Waals surface area (Å²) in [6.07, 6.45) is 1.18. The smallest absolute Gasteiger partial charge is 0.236 e. The van der Waals surface area contributed by atoms with Crippen molar-refractivity contribution in [2.24, 2.45) is 0 Å². The Labute approximate surface area is 130 Å². The standard InChI is InChI=1S/C15H25N3O2S/c1-5-14-17-13(9-21-14)12(4)16-6-15(19)18-7-10(2)20-11(3)8-18/h9-12,16H,5-8H2,1-4H3/t10-,11+,12-/m0/s1. The van der Waals surface area contributed by atoms with Gasteiger partial charge in [0, 0.05) is 24.5 Å². The first-order chi connectivity index (χ1) is 9.99. The van der Waals surface area contributed by atoms with Gasteiger partial charge in [-0.15, -0.1) is 11.3 Å². The van der Waals surface area contributed by atoms with Crippen LogP contribution >= 0.6 is 11.3 Å². The molecule has 3 atom stereocenters. The van der Waals surface area contributed by atoms with E-state index in [0.717, 1.165) is 17.1 Å². The molecule has 1 saturated heterocycles. The number of aromatic nitrogens is 1. The lowest BCUT2D eigenvalue weighted by molar-refractivity contribution is -0.142. The Morgan fingerprint density at radius 1 is 1.52 bits per heavy atom. The third kappa shape index (κ3) is 4.49. The molecule has 5 nitrogen and oxygen atoms in total. The van der Waals surface area contributed by atoms with E-state index in [-0.39, 0.29) is 24.2 Å². The van der Waals surface area contributed by atoms with Gasteiger partial charge >= 0.3 is 0 Å². The number of hydrogen-bond acceptors (Lipinski definition) is 5. The second kappa shape index (κ2) is 7.33. The molecular weight excluding hydrogens is 286 g/mol. The summed E-state index contributed by atoms with van der Waals surface area (Å²) in [5, 5.41) is 6.48. The summed E-state index contributed by atoms with van der Waals surface area (Å²) in [6.45, 7) is 9.86. The molecule has 2 rings (SSSR count). The Hall–Kier alpha value is -0.980. The van der Waals surface area contributed by atoms with Crippen LogP contribution in [0.15, 0.2) is 5.38 Å². The third-order valence-corrected chi connectivity index (χ3v) is 4.66. The maximum absolute atomic E-state index is 12.3. The number of aryl methyl sites for hydroxylation is 1. The number of nitrogens with one attached hydrogen (secondary N) is 1. The van der Waals surface area contributed by atoms with Crippen LogP contribution in [-0.4, -0.2) is 47.6 Å². The van der Waals surface area contributed by atoms with E-state index in [4.69, 9.17) is 4.74 Å². The fraction of sp³-hybridized carbons (Fsp3) is 0.733. The van der Waals surface area contributed by atoms with Crippen molar-refractivity contribution in [3.8, 4) is 0 Å². The van der Waals surface area contributed by atoms with E-state index in [1.165, 1.54) is 0 Å². The highest BCUT2D eigenvalue weighted by molar-refractivity contribution is 7.09. The summed E-state index contributed by atoms with van der Waals surface area (Å²) in [5.41, 5.74) is 1.02. The average molecular weight is 311 g/mol. The maximum atomic E-state index is 12.3. The van der Waals surface area contributed by atoms with Crippen molar-refractivity contribution in [1.82, 2.24) is 15.2 Å². The van der Waals surface area contributed by atoms with E-state index >= 15 is 0 Å². The molecule has 0 bridgehead atoms. The first-order valence-corrected chi connectivity index (χ1v) is 8.48. The van der Waals surface area contributed by atoms with Crippen LogP contribution in [0.25, 0.3) is 0 Å². The van der Waals surface area contributed by atoms with Gasteiger partial charge < -0.3 is 15.0 Å². The SMILES string of the molecule is CCc1nc([C@H](C)NCC(=O)N2C[C@@H](C)O[C@@H](C)C2)cs1. The summed E-state index contributed by atoms with van der Waals surface area (Å²) in [7, 11) is 0. The number of carbonyl (C=O) groups excluding carboxylic acids is 1.